The zero-order valence-electron chi connectivity index (χ0n) is 15.9. The highest BCUT2D eigenvalue weighted by molar-refractivity contribution is 6.32. The number of phenolic OH excluding ortho intramolecular Hbond substituents is 2. The first kappa shape index (κ1) is 21.3. The molecule has 4 N–H and O–H groups in total. The second kappa shape index (κ2) is 8.79. The van der Waals surface area contributed by atoms with E-state index in [1.807, 2.05) is 0 Å². The summed E-state index contributed by atoms with van der Waals surface area (Å²) in [5, 5.41) is 19.3. The van der Waals surface area contributed by atoms with Crippen molar-refractivity contribution in [3.8, 4) is 28.7 Å². The van der Waals surface area contributed by atoms with Crippen molar-refractivity contribution in [2.75, 3.05) is 27.1 Å². The number of halogens is 1. The van der Waals surface area contributed by atoms with E-state index >= 15 is 0 Å². The number of methoxy groups -OCH3 is 3. The molecule has 0 saturated heterocycles. The number of hydrogen-bond donors (Lipinski definition) is 3. The summed E-state index contributed by atoms with van der Waals surface area (Å²) in [4.78, 5) is 12.4. The van der Waals surface area contributed by atoms with E-state index in [1.54, 1.807) is 13.0 Å². The van der Waals surface area contributed by atoms with Gasteiger partial charge in [-0.15, -0.1) is 0 Å². The molecule has 0 aliphatic rings. The van der Waals surface area contributed by atoms with Crippen LogP contribution in [-0.4, -0.2) is 43.6 Å². The zero-order valence-corrected chi connectivity index (χ0v) is 16.7. The lowest BCUT2D eigenvalue weighted by atomic mass is 10.0. The van der Waals surface area contributed by atoms with Crippen LogP contribution in [0.5, 0.6) is 28.7 Å². The fourth-order valence-corrected chi connectivity index (χ4v) is 2.95. The standard InChI is InChI=1S/C19H22ClNO7/c1-9(28-19(24)10-6-12(20)15(23)8-14(10)22)5-11-17(26-3)13(21)7-16(25-2)18(11)27-4/h6-9,22-23H,5,21H2,1-4H3. The van der Waals surface area contributed by atoms with E-state index in [9.17, 15) is 15.0 Å². The topological polar surface area (TPSA) is 120 Å². The Balaban J connectivity index is 2.30. The molecular weight excluding hydrogens is 390 g/mol. The van der Waals surface area contributed by atoms with Gasteiger partial charge in [0, 0.05) is 24.1 Å². The van der Waals surface area contributed by atoms with Crippen LogP contribution in [0.15, 0.2) is 18.2 Å². The molecule has 1 atom stereocenters. The predicted molar refractivity (Wildman–Crippen MR) is 104 cm³/mol. The maximum Gasteiger partial charge on any atom is 0.342 e. The summed E-state index contributed by atoms with van der Waals surface area (Å²) >= 11 is 5.80. The van der Waals surface area contributed by atoms with Crippen molar-refractivity contribution in [2.24, 2.45) is 0 Å². The number of carbonyl (C=O) groups is 1. The molecule has 1 unspecified atom stereocenters. The first-order valence-electron chi connectivity index (χ1n) is 8.23. The highest BCUT2D eigenvalue weighted by Gasteiger charge is 2.24. The number of rotatable bonds is 7. The number of anilines is 1. The first-order valence-corrected chi connectivity index (χ1v) is 8.61. The molecule has 0 amide bonds. The highest BCUT2D eigenvalue weighted by Crippen LogP contribution is 2.42. The molecule has 0 aliphatic heterocycles. The van der Waals surface area contributed by atoms with Crippen LogP contribution in [0.4, 0.5) is 5.69 Å². The molecule has 0 radical (unpaired) electrons. The number of nitrogens with two attached hydrogens (primary N) is 1. The average Bonchev–Trinajstić information content (AvgIpc) is 2.64. The molecule has 0 bridgehead atoms. The van der Waals surface area contributed by atoms with E-state index in [0.717, 1.165) is 12.1 Å². The molecule has 2 rings (SSSR count). The van der Waals surface area contributed by atoms with Gasteiger partial charge in [-0.3, -0.25) is 0 Å². The average molecular weight is 412 g/mol. The third-order valence-corrected chi connectivity index (χ3v) is 4.34. The van der Waals surface area contributed by atoms with Gasteiger partial charge in [0.15, 0.2) is 11.5 Å². The van der Waals surface area contributed by atoms with Gasteiger partial charge < -0.3 is 34.9 Å². The van der Waals surface area contributed by atoms with Crippen LogP contribution < -0.4 is 19.9 Å². The van der Waals surface area contributed by atoms with Gasteiger partial charge in [0.05, 0.1) is 32.0 Å². The number of esters is 1. The molecule has 9 heteroatoms. The Morgan fingerprint density at radius 1 is 1.07 bits per heavy atom. The SMILES string of the molecule is COc1cc(N)c(OC)c(CC(C)OC(=O)c2cc(Cl)c(O)cc2O)c1OC. The molecule has 0 heterocycles. The van der Waals surface area contributed by atoms with Gasteiger partial charge in [0.25, 0.3) is 0 Å². The Bertz CT molecular complexity index is 885. The van der Waals surface area contributed by atoms with Gasteiger partial charge in [-0.25, -0.2) is 4.79 Å². The molecule has 28 heavy (non-hydrogen) atoms. The summed E-state index contributed by atoms with van der Waals surface area (Å²) in [6.07, 6.45) is -0.444. The molecule has 152 valence electrons. The second-order valence-corrected chi connectivity index (χ2v) is 6.36. The third kappa shape index (κ3) is 4.28. The van der Waals surface area contributed by atoms with Crippen LogP contribution in [-0.2, 0) is 11.2 Å². The number of phenols is 2. The minimum atomic E-state index is -0.805. The minimum absolute atomic E-state index is 0.0821. The summed E-state index contributed by atoms with van der Waals surface area (Å²) in [6.45, 7) is 1.66. The predicted octanol–water partition coefficient (Wildman–Crippen LogP) is 3.15. The first-order chi connectivity index (χ1) is 13.2. The van der Waals surface area contributed by atoms with Crippen molar-refractivity contribution >= 4 is 23.3 Å². The summed E-state index contributed by atoms with van der Waals surface area (Å²) in [5.41, 5.74) is 6.75. The molecular formula is C19H22ClNO7. The van der Waals surface area contributed by atoms with Crippen molar-refractivity contribution in [3.05, 3.63) is 34.3 Å². The van der Waals surface area contributed by atoms with E-state index in [0.29, 0.717) is 28.5 Å². The Hall–Kier alpha value is -3.00. The largest absolute Gasteiger partial charge is 0.507 e. The summed E-state index contributed by atoms with van der Waals surface area (Å²) in [7, 11) is 4.42. The number of carbonyl (C=O) groups excluding carboxylic acids is 1. The number of nitrogen functional groups attached to an aromatic ring is 1. The van der Waals surface area contributed by atoms with Gasteiger partial charge in [0.1, 0.15) is 28.9 Å². The van der Waals surface area contributed by atoms with E-state index < -0.39 is 17.8 Å². The monoisotopic (exact) mass is 411 g/mol. The third-order valence-electron chi connectivity index (χ3n) is 4.03. The number of hydrogen-bond acceptors (Lipinski definition) is 8. The minimum Gasteiger partial charge on any atom is -0.507 e. The van der Waals surface area contributed by atoms with Crippen molar-refractivity contribution in [1.82, 2.24) is 0 Å². The fourth-order valence-electron chi connectivity index (χ4n) is 2.79. The van der Waals surface area contributed by atoms with Crippen molar-refractivity contribution in [3.63, 3.8) is 0 Å². The van der Waals surface area contributed by atoms with Gasteiger partial charge >= 0.3 is 5.97 Å². The van der Waals surface area contributed by atoms with E-state index in [1.165, 1.54) is 21.3 Å². The normalized spacial score (nSPS) is 11.6. The maximum atomic E-state index is 12.4. The zero-order chi connectivity index (χ0) is 21.0. The second-order valence-electron chi connectivity index (χ2n) is 5.95. The number of benzene rings is 2. The molecule has 0 fully saturated rings. The molecule has 8 nitrogen and oxygen atoms in total. The van der Waals surface area contributed by atoms with Crippen molar-refractivity contribution in [2.45, 2.75) is 19.4 Å². The summed E-state index contributed by atoms with van der Waals surface area (Å²) < 4.78 is 21.5. The lowest BCUT2D eigenvalue weighted by Crippen LogP contribution is -2.19. The van der Waals surface area contributed by atoms with E-state index in [4.69, 9.17) is 36.3 Å². The van der Waals surface area contributed by atoms with E-state index in [-0.39, 0.29) is 22.8 Å². The Labute approximate surface area is 167 Å². The Kier molecular flexibility index (Phi) is 6.69. The molecule has 0 saturated carbocycles. The smallest absolute Gasteiger partial charge is 0.342 e. The Morgan fingerprint density at radius 3 is 2.29 bits per heavy atom. The summed E-state index contributed by atoms with van der Waals surface area (Å²) in [5.74, 6) is -0.383. The molecule has 0 aliphatic carbocycles. The van der Waals surface area contributed by atoms with Crippen LogP contribution in [0.25, 0.3) is 0 Å². The van der Waals surface area contributed by atoms with Crippen LogP contribution >= 0.6 is 11.6 Å². The molecule has 2 aromatic rings. The van der Waals surface area contributed by atoms with Gasteiger partial charge in [-0.2, -0.15) is 0 Å². The highest BCUT2D eigenvalue weighted by atomic mass is 35.5. The molecule has 0 spiro atoms. The van der Waals surface area contributed by atoms with E-state index in [2.05, 4.69) is 0 Å². The van der Waals surface area contributed by atoms with Crippen LogP contribution in [0.2, 0.25) is 5.02 Å². The Morgan fingerprint density at radius 2 is 1.71 bits per heavy atom. The van der Waals surface area contributed by atoms with Crippen molar-refractivity contribution in [1.29, 1.82) is 0 Å². The number of ether oxygens (including phenoxy) is 4. The van der Waals surface area contributed by atoms with Gasteiger partial charge in [0.2, 0.25) is 0 Å². The van der Waals surface area contributed by atoms with Gasteiger partial charge in [-0.1, -0.05) is 11.6 Å². The van der Waals surface area contributed by atoms with Crippen LogP contribution in [0.3, 0.4) is 0 Å². The summed E-state index contributed by atoms with van der Waals surface area (Å²) in [6, 6.07) is 3.68. The molecule has 0 aromatic heterocycles. The fraction of sp³-hybridized carbons (Fsp3) is 0.316. The molecule has 2 aromatic carbocycles. The lowest BCUT2D eigenvalue weighted by Gasteiger charge is -2.21. The van der Waals surface area contributed by atoms with Crippen LogP contribution in [0.1, 0.15) is 22.8 Å². The van der Waals surface area contributed by atoms with Crippen LogP contribution in [0, 0.1) is 0 Å². The number of aromatic hydroxyl groups is 2. The lowest BCUT2D eigenvalue weighted by molar-refractivity contribution is 0.0337. The maximum absolute atomic E-state index is 12.4. The van der Waals surface area contributed by atoms with Crippen molar-refractivity contribution < 1.29 is 34.0 Å². The quantitative estimate of drug-likeness (QED) is 0.469. The van der Waals surface area contributed by atoms with Gasteiger partial charge in [-0.05, 0) is 13.0 Å².